The zero-order chi connectivity index (χ0) is 19.2. The van der Waals surface area contributed by atoms with Gasteiger partial charge in [0.1, 0.15) is 12.3 Å². The van der Waals surface area contributed by atoms with Gasteiger partial charge in [0, 0.05) is 6.04 Å². The van der Waals surface area contributed by atoms with Crippen molar-refractivity contribution in [3.8, 4) is 5.75 Å². The summed E-state index contributed by atoms with van der Waals surface area (Å²) < 4.78 is 32.7. The van der Waals surface area contributed by atoms with E-state index in [0.29, 0.717) is 11.4 Å². The van der Waals surface area contributed by atoms with E-state index < -0.39 is 10.0 Å². The maximum absolute atomic E-state index is 13.2. The van der Waals surface area contributed by atoms with Crippen LogP contribution in [0.1, 0.15) is 20.3 Å². The third-order valence-electron chi connectivity index (χ3n) is 3.99. The molecule has 0 aliphatic carbocycles. The van der Waals surface area contributed by atoms with E-state index >= 15 is 0 Å². The summed E-state index contributed by atoms with van der Waals surface area (Å²) in [5.41, 5.74) is 0.318. The van der Waals surface area contributed by atoms with E-state index in [1.165, 1.54) is 19.2 Å². The van der Waals surface area contributed by atoms with Crippen molar-refractivity contribution in [3.63, 3.8) is 0 Å². The number of anilines is 1. The lowest BCUT2D eigenvalue weighted by atomic mass is 10.2. The van der Waals surface area contributed by atoms with Gasteiger partial charge in [-0.1, -0.05) is 37.3 Å². The Bertz CT molecular complexity index is 838. The summed E-state index contributed by atoms with van der Waals surface area (Å²) in [6.45, 7) is 3.49. The molecule has 2 aromatic rings. The van der Waals surface area contributed by atoms with Crippen molar-refractivity contribution in [1.82, 2.24) is 5.32 Å². The molecule has 0 unspecified atom stereocenters. The fraction of sp³-hybridized carbons (Fsp3) is 0.316. The first kappa shape index (κ1) is 19.8. The van der Waals surface area contributed by atoms with Crippen LogP contribution in [-0.4, -0.2) is 34.0 Å². The zero-order valence-electron chi connectivity index (χ0n) is 15.2. The fourth-order valence-electron chi connectivity index (χ4n) is 2.41. The summed E-state index contributed by atoms with van der Waals surface area (Å²) in [5, 5.41) is 2.80. The topological polar surface area (TPSA) is 75.7 Å². The van der Waals surface area contributed by atoms with Crippen molar-refractivity contribution >= 4 is 21.6 Å². The van der Waals surface area contributed by atoms with Gasteiger partial charge < -0.3 is 10.1 Å². The van der Waals surface area contributed by atoms with Gasteiger partial charge in [0.25, 0.3) is 10.0 Å². The molecule has 0 heterocycles. The van der Waals surface area contributed by atoms with Gasteiger partial charge in [0.05, 0.1) is 17.7 Å². The minimum atomic E-state index is -3.93. The maximum Gasteiger partial charge on any atom is 0.264 e. The van der Waals surface area contributed by atoms with E-state index in [0.717, 1.165) is 10.7 Å². The van der Waals surface area contributed by atoms with E-state index in [9.17, 15) is 13.2 Å². The van der Waals surface area contributed by atoms with Crippen LogP contribution in [0.5, 0.6) is 5.75 Å². The van der Waals surface area contributed by atoms with Crippen LogP contribution in [0.2, 0.25) is 0 Å². The largest absolute Gasteiger partial charge is 0.495 e. The Morgan fingerprint density at radius 3 is 2.35 bits per heavy atom. The van der Waals surface area contributed by atoms with Crippen molar-refractivity contribution in [2.75, 3.05) is 18.0 Å². The van der Waals surface area contributed by atoms with E-state index in [4.69, 9.17) is 4.74 Å². The van der Waals surface area contributed by atoms with Crippen LogP contribution in [0.4, 0.5) is 5.69 Å². The normalized spacial score (nSPS) is 12.3. The first-order valence-electron chi connectivity index (χ1n) is 8.40. The average Bonchev–Trinajstić information content (AvgIpc) is 2.66. The van der Waals surface area contributed by atoms with Crippen LogP contribution < -0.4 is 14.4 Å². The average molecular weight is 376 g/mol. The molecule has 1 amide bonds. The highest BCUT2D eigenvalue weighted by Crippen LogP contribution is 2.31. The van der Waals surface area contributed by atoms with Crippen molar-refractivity contribution < 1.29 is 17.9 Å². The maximum atomic E-state index is 13.2. The molecule has 2 aromatic carbocycles. The van der Waals surface area contributed by atoms with Crippen LogP contribution in [-0.2, 0) is 14.8 Å². The highest BCUT2D eigenvalue weighted by atomic mass is 32.2. The Morgan fingerprint density at radius 2 is 1.73 bits per heavy atom. The van der Waals surface area contributed by atoms with Crippen molar-refractivity contribution in [2.24, 2.45) is 0 Å². The van der Waals surface area contributed by atoms with Crippen LogP contribution in [0.3, 0.4) is 0 Å². The third-order valence-corrected chi connectivity index (χ3v) is 5.77. The van der Waals surface area contributed by atoms with Gasteiger partial charge in [-0.2, -0.15) is 0 Å². The van der Waals surface area contributed by atoms with E-state index in [1.807, 2.05) is 13.8 Å². The summed E-state index contributed by atoms with van der Waals surface area (Å²) in [4.78, 5) is 12.5. The lowest BCUT2D eigenvalue weighted by Crippen LogP contribution is -2.43. The number of para-hydroxylation sites is 2. The molecule has 7 heteroatoms. The summed E-state index contributed by atoms with van der Waals surface area (Å²) in [7, 11) is -2.47. The Labute approximate surface area is 154 Å². The van der Waals surface area contributed by atoms with Crippen LogP contribution >= 0.6 is 0 Å². The van der Waals surface area contributed by atoms with Gasteiger partial charge in [0.2, 0.25) is 5.91 Å². The standard InChI is InChI=1S/C19H24N2O4S/c1-4-15(2)20-19(22)14-21(17-12-8-9-13-18(17)25-3)26(23,24)16-10-6-5-7-11-16/h5-13,15H,4,14H2,1-3H3,(H,20,22)/t15-/m0/s1. The van der Waals surface area contributed by atoms with Crippen LogP contribution in [0.15, 0.2) is 59.5 Å². The number of hydrogen-bond donors (Lipinski definition) is 1. The van der Waals surface area contributed by atoms with E-state index in [2.05, 4.69) is 5.32 Å². The predicted octanol–water partition coefficient (Wildman–Crippen LogP) is 2.81. The highest BCUT2D eigenvalue weighted by molar-refractivity contribution is 7.92. The highest BCUT2D eigenvalue weighted by Gasteiger charge is 2.29. The Balaban J connectivity index is 2.47. The molecule has 0 fully saturated rings. The molecule has 0 saturated heterocycles. The summed E-state index contributed by atoms with van der Waals surface area (Å²) >= 11 is 0. The van der Waals surface area contributed by atoms with E-state index in [1.54, 1.807) is 42.5 Å². The molecule has 0 saturated carbocycles. The summed E-state index contributed by atoms with van der Waals surface area (Å²) in [6.07, 6.45) is 0.756. The van der Waals surface area contributed by atoms with Crippen LogP contribution in [0.25, 0.3) is 0 Å². The second-order valence-electron chi connectivity index (χ2n) is 5.87. The zero-order valence-corrected chi connectivity index (χ0v) is 16.0. The van der Waals surface area contributed by atoms with Crippen molar-refractivity contribution in [3.05, 3.63) is 54.6 Å². The number of nitrogens with zero attached hydrogens (tertiary/aromatic N) is 1. The molecule has 0 spiro atoms. The number of benzene rings is 2. The molecule has 0 aromatic heterocycles. The first-order valence-corrected chi connectivity index (χ1v) is 9.84. The Kier molecular flexibility index (Phi) is 6.63. The van der Waals surface area contributed by atoms with Gasteiger partial charge >= 0.3 is 0 Å². The second-order valence-corrected chi connectivity index (χ2v) is 7.74. The first-order chi connectivity index (χ1) is 12.4. The molecule has 0 aliphatic heterocycles. The smallest absolute Gasteiger partial charge is 0.264 e. The molecule has 0 bridgehead atoms. The number of hydrogen-bond acceptors (Lipinski definition) is 4. The Hall–Kier alpha value is -2.54. The SMILES string of the molecule is CC[C@H](C)NC(=O)CN(c1ccccc1OC)S(=O)(=O)c1ccccc1. The number of ether oxygens (including phenoxy) is 1. The van der Waals surface area contributed by atoms with Gasteiger partial charge in [-0.3, -0.25) is 9.10 Å². The number of sulfonamides is 1. The lowest BCUT2D eigenvalue weighted by Gasteiger charge is -2.26. The number of carbonyl (C=O) groups excluding carboxylic acids is 1. The third kappa shape index (κ3) is 4.54. The number of rotatable bonds is 8. The minimum Gasteiger partial charge on any atom is -0.495 e. The van der Waals surface area contributed by atoms with Gasteiger partial charge in [-0.15, -0.1) is 0 Å². The molecule has 6 nitrogen and oxygen atoms in total. The molecular formula is C19H24N2O4S. The predicted molar refractivity (Wildman–Crippen MR) is 102 cm³/mol. The summed E-state index contributed by atoms with van der Waals surface area (Å²) in [6, 6.07) is 14.7. The fourth-order valence-corrected chi connectivity index (χ4v) is 3.86. The number of amides is 1. The van der Waals surface area contributed by atoms with E-state index in [-0.39, 0.29) is 23.4 Å². The van der Waals surface area contributed by atoms with Gasteiger partial charge in [0.15, 0.2) is 0 Å². The molecule has 1 N–H and O–H groups in total. The molecule has 140 valence electrons. The summed E-state index contributed by atoms with van der Waals surface area (Å²) in [5.74, 6) is 0.00751. The molecule has 2 rings (SSSR count). The van der Waals surface area contributed by atoms with Crippen molar-refractivity contribution in [1.29, 1.82) is 0 Å². The lowest BCUT2D eigenvalue weighted by molar-refractivity contribution is -0.120. The molecular weight excluding hydrogens is 352 g/mol. The molecule has 1 atom stereocenters. The van der Waals surface area contributed by atoms with Crippen LogP contribution in [0, 0.1) is 0 Å². The Morgan fingerprint density at radius 1 is 1.12 bits per heavy atom. The number of methoxy groups -OCH3 is 1. The minimum absolute atomic E-state index is 0.0403. The molecule has 0 aliphatic rings. The number of carbonyl (C=O) groups is 1. The molecule has 0 radical (unpaired) electrons. The quantitative estimate of drug-likeness (QED) is 0.769. The van der Waals surface area contributed by atoms with Crippen molar-refractivity contribution in [2.45, 2.75) is 31.2 Å². The monoisotopic (exact) mass is 376 g/mol. The number of nitrogens with one attached hydrogen (secondary N) is 1. The van der Waals surface area contributed by atoms with Gasteiger partial charge in [-0.25, -0.2) is 8.42 Å². The second kappa shape index (κ2) is 8.71. The molecule has 26 heavy (non-hydrogen) atoms. The van der Waals surface area contributed by atoms with Gasteiger partial charge in [-0.05, 0) is 37.6 Å².